The summed E-state index contributed by atoms with van der Waals surface area (Å²) < 4.78 is 0. The molecule has 0 aromatic heterocycles. The van der Waals surface area contributed by atoms with Crippen molar-refractivity contribution in [3.05, 3.63) is 235 Å². The summed E-state index contributed by atoms with van der Waals surface area (Å²) in [5, 5.41) is 7.67. The summed E-state index contributed by atoms with van der Waals surface area (Å²) in [4.78, 5) is 2.43. The molecule has 0 bridgehead atoms. The van der Waals surface area contributed by atoms with E-state index in [0.717, 1.165) is 17.1 Å². The van der Waals surface area contributed by atoms with Crippen LogP contribution >= 0.6 is 0 Å². The van der Waals surface area contributed by atoms with Crippen LogP contribution in [0.1, 0.15) is 22.3 Å². The van der Waals surface area contributed by atoms with Gasteiger partial charge in [0.25, 0.3) is 0 Å². The predicted octanol–water partition coefficient (Wildman–Crippen LogP) is 14.1. The van der Waals surface area contributed by atoms with Gasteiger partial charge in [-0.1, -0.05) is 182 Å². The van der Waals surface area contributed by atoms with Crippen molar-refractivity contribution in [2.45, 2.75) is 5.41 Å². The van der Waals surface area contributed by atoms with Crippen LogP contribution in [0.4, 0.5) is 17.1 Å². The van der Waals surface area contributed by atoms with E-state index in [1.807, 2.05) is 0 Å². The molecule has 0 saturated heterocycles. The van der Waals surface area contributed by atoms with Gasteiger partial charge < -0.3 is 4.90 Å². The first-order valence-corrected chi connectivity index (χ1v) is 18.8. The van der Waals surface area contributed by atoms with E-state index in [4.69, 9.17) is 0 Å². The van der Waals surface area contributed by atoms with Crippen molar-refractivity contribution in [3.8, 4) is 22.3 Å². The number of rotatable bonds is 6. The summed E-state index contributed by atoms with van der Waals surface area (Å²) in [6, 6.07) is 78.2. The molecule has 0 aliphatic heterocycles. The van der Waals surface area contributed by atoms with Crippen molar-refractivity contribution in [1.29, 1.82) is 0 Å². The summed E-state index contributed by atoms with van der Waals surface area (Å²) in [7, 11) is 0. The fourth-order valence-corrected chi connectivity index (χ4v) is 9.43. The van der Waals surface area contributed by atoms with E-state index in [-0.39, 0.29) is 0 Å². The quantitative estimate of drug-likeness (QED) is 0.158. The van der Waals surface area contributed by atoms with E-state index in [1.165, 1.54) is 76.8 Å². The Kier molecular flexibility index (Phi) is 6.84. The van der Waals surface area contributed by atoms with Gasteiger partial charge in [0.1, 0.15) is 0 Å². The fraction of sp³-hybridized carbons (Fsp3) is 0.0189. The topological polar surface area (TPSA) is 3.24 Å². The molecule has 0 heterocycles. The third-order valence-electron chi connectivity index (χ3n) is 11.7. The first-order valence-electron chi connectivity index (χ1n) is 18.8. The molecule has 0 fully saturated rings. The number of fused-ring (bicyclic) bond motifs is 3. The lowest BCUT2D eigenvalue weighted by atomic mass is 9.68. The maximum Gasteiger partial charge on any atom is 0.0713 e. The third kappa shape index (κ3) is 4.39. The molecule has 0 radical (unpaired) electrons. The molecule has 0 unspecified atom stereocenters. The summed E-state index contributed by atoms with van der Waals surface area (Å²) in [5.74, 6) is 0. The van der Waals surface area contributed by atoms with Crippen LogP contribution in [0.25, 0.3) is 54.6 Å². The Morgan fingerprint density at radius 3 is 1.46 bits per heavy atom. The third-order valence-corrected chi connectivity index (χ3v) is 11.7. The maximum absolute atomic E-state index is 2.43. The highest BCUT2D eigenvalue weighted by molar-refractivity contribution is 6.27. The molecule has 10 aromatic rings. The van der Waals surface area contributed by atoms with Gasteiger partial charge in [0.15, 0.2) is 0 Å². The monoisotopic (exact) mass is 685 g/mol. The SMILES string of the molecule is c1ccc(-c2ccc3ccc4c(N(c5ccccc5)c5ccc(C6(c7ccccc7)c7ccccc7-c7ccccc76)cc5)ccc5ccc2c3c54)cc1. The van der Waals surface area contributed by atoms with Crippen LogP contribution < -0.4 is 4.90 Å². The maximum atomic E-state index is 2.43. The van der Waals surface area contributed by atoms with Gasteiger partial charge >= 0.3 is 0 Å². The van der Waals surface area contributed by atoms with Crippen molar-refractivity contribution in [2.24, 2.45) is 0 Å². The van der Waals surface area contributed by atoms with E-state index in [2.05, 4.69) is 217 Å². The molecule has 0 spiro atoms. The average molecular weight is 686 g/mol. The van der Waals surface area contributed by atoms with E-state index >= 15 is 0 Å². The van der Waals surface area contributed by atoms with Crippen molar-refractivity contribution in [3.63, 3.8) is 0 Å². The molecule has 252 valence electrons. The Morgan fingerprint density at radius 2 is 0.796 bits per heavy atom. The number of nitrogens with zero attached hydrogens (tertiary/aromatic N) is 1. The number of para-hydroxylation sites is 1. The van der Waals surface area contributed by atoms with Gasteiger partial charge in [0.05, 0.1) is 11.1 Å². The first kappa shape index (κ1) is 30.6. The highest BCUT2D eigenvalue weighted by Crippen LogP contribution is 2.56. The molecule has 1 nitrogen and oxygen atoms in total. The zero-order chi connectivity index (χ0) is 35.6. The lowest BCUT2D eigenvalue weighted by molar-refractivity contribution is 0.768. The van der Waals surface area contributed by atoms with E-state index in [1.54, 1.807) is 0 Å². The molecule has 1 aliphatic rings. The largest absolute Gasteiger partial charge is 0.310 e. The van der Waals surface area contributed by atoms with Gasteiger partial charge in [-0.15, -0.1) is 0 Å². The Labute approximate surface area is 315 Å². The summed E-state index contributed by atoms with van der Waals surface area (Å²) >= 11 is 0. The second kappa shape index (κ2) is 12.0. The Bertz CT molecular complexity index is 2920. The molecule has 0 saturated carbocycles. The lowest BCUT2D eigenvalue weighted by Crippen LogP contribution is -2.28. The molecule has 1 aliphatic carbocycles. The van der Waals surface area contributed by atoms with Gasteiger partial charge in [0, 0.05) is 16.8 Å². The van der Waals surface area contributed by atoms with Crippen molar-refractivity contribution >= 4 is 49.4 Å². The van der Waals surface area contributed by atoms with Gasteiger partial charge in [-0.25, -0.2) is 0 Å². The molecule has 0 amide bonds. The molecule has 11 rings (SSSR count). The summed E-state index contributed by atoms with van der Waals surface area (Å²) in [6.07, 6.45) is 0. The van der Waals surface area contributed by atoms with E-state index in [0.29, 0.717) is 0 Å². The summed E-state index contributed by atoms with van der Waals surface area (Å²) in [5.41, 5.74) is 13.3. The van der Waals surface area contributed by atoms with Crippen LogP contribution in [-0.4, -0.2) is 0 Å². The fourth-order valence-electron chi connectivity index (χ4n) is 9.43. The Morgan fingerprint density at radius 1 is 0.315 bits per heavy atom. The molecule has 54 heavy (non-hydrogen) atoms. The summed E-state index contributed by atoms with van der Waals surface area (Å²) in [6.45, 7) is 0. The standard InChI is InChI=1S/C53H35N/c1-4-14-36(15-5-1)43-32-24-37-26-34-47-50(35-27-38-25-33-46(43)51(37)52(38)47)54(41-18-8-3-9-19-41)42-30-28-40(29-31-42)53(39-16-6-2-7-17-39)48-22-12-10-20-44(48)45-21-11-13-23-49(45)53/h1-35H. The molecule has 0 N–H and O–H groups in total. The highest BCUT2D eigenvalue weighted by atomic mass is 15.1. The molecular formula is C53H35N. The highest BCUT2D eigenvalue weighted by Gasteiger charge is 2.45. The minimum absolute atomic E-state index is 0.436. The molecule has 0 atom stereocenters. The van der Waals surface area contributed by atoms with Crippen LogP contribution in [-0.2, 0) is 5.41 Å². The van der Waals surface area contributed by atoms with E-state index in [9.17, 15) is 0 Å². The Balaban J connectivity index is 1.13. The second-order valence-electron chi connectivity index (χ2n) is 14.4. The smallest absolute Gasteiger partial charge is 0.0713 e. The van der Waals surface area contributed by atoms with Crippen LogP contribution in [0, 0.1) is 0 Å². The van der Waals surface area contributed by atoms with Gasteiger partial charge in [-0.05, 0) is 102 Å². The van der Waals surface area contributed by atoms with Gasteiger partial charge in [-0.3, -0.25) is 0 Å². The van der Waals surface area contributed by atoms with Crippen molar-refractivity contribution in [1.82, 2.24) is 0 Å². The van der Waals surface area contributed by atoms with Crippen LogP contribution in [0.3, 0.4) is 0 Å². The zero-order valence-electron chi connectivity index (χ0n) is 29.7. The van der Waals surface area contributed by atoms with Crippen LogP contribution in [0.5, 0.6) is 0 Å². The second-order valence-corrected chi connectivity index (χ2v) is 14.4. The minimum Gasteiger partial charge on any atom is -0.310 e. The molecular weight excluding hydrogens is 651 g/mol. The number of hydrogen-bond acceptors (Lipinski definition) is 1. The van der Waals surface area contributed by atoms with Crippen LogP contribution in [0.2, 0.25) is 0 Å². The first-order chi connectivity index (χ1) is 26.8. The molecule has 1 heteroatoms. The average Bonchev–Trinajstić information content (AvgIpc) is 3.55. The minimum atomic E-state index is -0.436. The normalized spacial score (nSPS) is 13.0. The number of hydrogen-bond donors (Lipinski definition) is 0. The zero-order valence-corrected chi connectivity index (χ0v) is 29.7. The van der Waals surface area contributed by atoms with Crippen molar-refractivity contribution in [2.75, 3.05) is 4.90 Å². The predicted molar refractivity (Wildman–Crippen MR) is 228 cm³/mol. The number of anilines is 3. The van der Waals surface area contributed by atoms with Gasteiger partial charge in [-0.2, -0.15) is 0 Å². The van der Waals surface area contributed by atoms with E-state index < -0.39 is 5.41 Å². The molecule has 10 aromatic carbocycles. The van der Waals surface area contributed by atoms with Crippen LogP contribution in [0.15, 0.2) is 212 Å². The Hall–Kier alpha value is -6.96. The van der Waals surface area contributed by atoms with Crippen molar-refractivity contribution < 1.29 is 0 Å². The number of benzene rings is 10. The lowest BCUT2D eigenvalue weighted by Gasteiger charge is -2.34. The van der Waals surface area contributed by atoms with Gasteiger partial charge in [0.2, 0.25) is 0 Å².